The van der Waals surface area contributed by atoms with Crippen LogP contribution in [0.25, 0.3) is 0 Å². The molecule has 0 radical (unpaired) electrons. The third-order valence-corrected chi connectivity index (χ3v) is 5.08. The number of alkyl halides is 1. The second-order valence-electron chi connectivity index (χ2n) is 6.10. The molecule has 0 bridgehead atoms. The van der Waals surface area contributed by atoms with Crippen LogP contribution in [0.15, 0.2) is 60.7 Å². The van der Waals surface area contributed by atoms with E-state index in [2.05, 4.69) is 10.2 Å². The number of hydrogen-bond donors (Lipinski definition) is 1. The van der Waals surface area contributed by atoms with E-state index in [0.29, 0.717) is 6.54 Å². The van der Waals surface area contributed by atoms with Gasteiger partial charge in [0.2, 0.25) is 5.91 Å². The molecular weight excluding hydrogens is 336 g/mol. The van der Waals surface area contributed by atoms with Gasteiger partial charge in [-0.05, 0) is 11.1 Å². The zero-order valence-electron chi connectivity index (χ0n) is 14.2. The average Bonchev–Trinajstić information content (AvgIpc) is 2.69. The smallest absolute Gasteiger partial charge is 0.250 e. The number of amides is 1. The van der Waals surface area contributed by atoms with Crippen molar-refractivity contribution in [3.63, 3.8) is 0 Å². The van der Waals surface area contributed by atoms with Crippen molar-refractivity contribution in [3.8, 4) is 0 Å². The quantitative estimate of drug-likeness (QED) is 0.807. The van der Waals surface area contributed by atoms with Crippen molar-refractivity contribution in [1.82, 2.24) is 10.2 Å². The number of morpholine rings is 1. The Balaban J connectivity index is 1.74. The maximum atomic E-state index is 13.0. The molecule has 5 heteroatoms. The molecule has 0 atom stereocenters. The first-order chi connectivity index (χ1) is 12.2. The molecule has 1 aliphatic rings. The number of hydrogen-bond acceptors (Lipinski definition) is 3. The van der Waals surface area contributed by atoms with E-state index in [0.717, 1.165) is 44.0 Å². The summed E-state index contributed by atoms with van der Waals surface area (Å²) in [5.74, 6) is -0.195. The van der Waals surface area contributed by atoms with Crippen molar-refractivity contribution in [1.29, 1.82) is 0 Å². The second kappa shape index (κ2) is 8.48. The lowest BCUT2D eigenvalue weighted by Crippen LogP contribution is -2.46. The number of nitrogens with zero attached hydrogens (tertiary/aromatic N) is 1. The summed E-state index contributed by atoms with van der Waals surface area (Å²) in [7, 11) is 0. The van der Waals surface area contributed by atoms with Gasteiger partial charge in [0.05, 0.1) is 13.2 Å². The van der Waals surface area contributed by atoms with Gasteiger partial charge in [0.15, 0.2) is 4.87 Å². The normalized spacial score (nSPS) is 15.7. The predicted molar refractivity (Wildman–Crippen MR) is 99.8 cm³/mol. The van der Waals surface area contributed by atoms with Crippen LogP contribution in [0.4, 0.5) is 0 Å². The Bertz CT molecular complexity index is 633. The lowest BCUT2D eigenvalue weighted by atomic mass is 9.89. The Hall–Kier alpha value is -1.88. The van der Waals surface area contributed by atoms with E-state index in [1.165, 1.54) is 0 Å². The van der Waals surface area contributed by atoms with E-state index in [1.54, 1.807) is 0 Å². The maximum Gasteiger partial charge on any atom is 0.250 e. The van der Waals surface area contributed by atoms with E-state index in [9.17, 15) is 4.79 Å². The number of nitrogens with one attached hydrogen (secondary N) is 1. The van der Waals surface area contributed by atoms with Gasteiger partial charge in [-0.15, -0.1) is 0 Å². The molecule has 0 aliphatic carbocycles. The van der Waals surface area contributed by atoms with Crippen molar-refractivity contribution < 1.29 is 9.53 Å². The summed E-state index contributed by atoms with van der Waals surface area (Å²) in [5, 5.41) is 3.01. The minimum absolute atomic E-state index is 0.195. The van der Waals surface area contributed by atoms with Crippen LogP contribution >= 0.6 is 11.6 Å². The number of rotatable bonds is 6. The molecule has 0 unspecified atom stereocenters. The standard InChI is InChI=1S/C20H23ClN2O2/c21-20(17-7-3-1-4-8-17,18-9-5-2-6-10-18)19(24)22-11-12-23-13-15-25-16-14-23/h1-10H,11-16H2,(H,22,24). The van der Waals surface area contributed by atoms with E-state index in [4.69, 9.17) is 16.3 Å². The molecule has 1 aliphatic heterocycles. The van der Waals surface area contributed by atoms with Gasteiger partial charge >= 0.3 is 0 Å². The summed E-state index contributed by atoms with van der Waals surface area (Å²) in [6.45, 7) is 4.67. The fraction of sp³-hybridized carbons (Fsp3) is 0.350. The van der Waals surface area contributed by atoms with Crippen molar-refractivity contribution >= 4 is 17.5 Å². The molecule has 1 amide bonds. The highest BCUT2D eigenvalue weighted by Gasteiger charge is 2.39. The molecule has 25 heavy (non-hydrogen) atoms. The van der Waals surface area contributed by atoms with Crippen LogP contribution in [0.5, 0.6) is 0 Å². The van der Waals surface area contributed by atoms with Gasteiger partial charge in [-0.3, -0.25) is 9.69 Å². The Morgan fingerprint density at radius 3 is 2.04 bits per heavy atom. The number of carbonyl (C=O) groups is 1. The van der Waals surface area contributed by atoms with Gasteiger partial charge in [-0.1, -0.05) is 72.3 Å². The molecule has 1 saturated heterocycles. The summed E-state index contributed by atoms with van der Waals surface area (Å²) in [6, 6.07) is 19.0. The van der Waals surface area contributed by atoms with Crippen LogP contribution in [0, 0.1) is 0 Å². The van der Waals surface area contributed by atoms with Gasteiger partial charge in [0.1, 0.15) is 0 Å². The van der Waals surface area contributed by atoms with Gasteiger partial charge in [0.25, 0.3) is 0 Å². The van der Waals surface area contributed by atoms with E-state index < -0.39 is 4.87 Å². The topological polar surface area (TPSA) is 41.6 Å². The van der Waals surface area contributed by atoms with Crippen molar-refractivity contribution in [2.75, 3.05) is 39.4 Å². The van der Waals surface area contributed by atoms with Crippen LogP contribution in [-0.4, -0.2) is 50.2 Å². The molecule has 0 saturated carbocycles. The van der Waals surface area contributed by atoms with Crippen LogP contribution in [0.1, 0.15) is 11.1 Å². The molecule has 132 valence electrons. The third kappa shape index (κ3) is 4.21. The highest BCUT2D eigenvalue weighted by Crippen LogP contribution is 2.36. The lowest BCUT2D eigenvalue weighted by molar-refractivity contribution is -0.123. The minimum atomic E-state index is -1.23. The number of ether oxygens (including phenoxy) is 1. The van der Waals surface area contributed by atoms with Crippen LogP contribution in [-0.2, 0) is 14.4 Å². The van der Waals surface area contributed by atoms with E-state index in [1.807, 2.05) is 60.7 Å². The lowest BCUT2D eigenvalue weighted by Gasteiger charge is -2.29. The maximum absolute atomic E-state index is 13.0. The van der Waals surface area contributed by atoms with Gasteiger partial charge < -0.3 is 10.1 Å². The first-order valence-electron chi connectivity index (χ1n) is 8.59. The Kier molecular flexibility index (Phi) is 6.08. The van der Waals surface area contributed by atoms with Gasteiger partial charge in [0, 0.05) is 26.2 Å². The fourth-order valence-electron chi connectivity index (χ4n) is 3.04. The van der Waals surface area contributed by atoms with Crippen molar-refractivity contribution in [3.05, 3.63) is 71.8 Å². The highest BCUT2D eigenvalue weighted by atomic mass is 35.5. The highest BCUT2D eigenvalue weighted by molar-refractivity contribution is 6.37. The van der Waals surface area contributed by atoms with Crippen molar-refractivity contribution in [2.45, 2.75) is 4.87 Å². The van der Waals surface area contributed by atoms with Crippen LogP contribution in [0.2, 0.25) is 0 Å². The third-order valence-electron chi connectivity index (χ3n) is 4.47. The molecule has 1 N–H and O–H groups in total. The Morgan fingerprint density at radius 1 is 1.00 bits per heavy atom. The molecule has 2 aromatic rings. The molecule has 1 fully saturated rings. The van der Waals surface area contributed by atoms with E-state index >= 15 is 0 Å². The zero-order chi connectivity index (χ0) is 17.5. The van der Waals surface area contributed by atoms with Crippen molar-refractivity contribution in [2.24, 2.45) is 0 Å². The predicted octanol–water partition coefficient (Wildman–Crippen LogP) is 2.62. The monoisotopic (exact) mass is 358 g/mol. The molecular formula is C20H23ClN2O2. The average molecular weight is 359 g/mol. The fourth-order valence-corrected chi connectivity index (χ4v) is 3.36. The minimum Gasteiger partial charge on any atom is -0.379 e. The van der Waals surface area contributed by atoms with E-state index in [-0.39, 0.29) is 5.91 Å². The largest absolute Gasteiger partial charge is 0.379 e. The van der Waals surface area contributed by atoms with Gasteiger partial charge in [-0.25, -0.2) is 0 Å². The summed E-state index contributed by atoms with van der Waals surface area (Å²) in [4.78, 5) is 14.1. The van der Waals surface area contributed by atoms with Gasteiger partial charge in [-0.2, -0.15) is 0 Å². The summed E-state index contributed by atoms with van der Waals surface area (Å²) < 4.78 is 5.35. The summed E-state index contributed by atoms with van der Waals surface area (Å²) in [6.07, 6.45) is 0. The molecule has 0 spiro atoms. The Labute approximate surface area is 153 Å². The summed E-state index contributed by atoms with van der Waals surface area (Å²) in [5.41, 5.74) is 1.54. The Morgan fingerprint density at radius 2 is 1.52 bits per heavy atom. The van der Waals surface area contributed by atoms with Crippen LogP contribution in [0.3, 0.4) is 0 Å². The van der Waals surface area contributed by atoms with Crippen LogP contribution < -0.4 is 5.32 Å². The second-order valence-corrected chi connectivity index (χ2v) is 6.67. The number of carbonyl (C=O) groups excluding carboxylic acids is 1. The SMILES string of the molecule is O=C(NCCN1CCOCC1)C(Cl)(c1ccccc1)c1ccccc1. The first kappa shape index (κ1) is 17.9. The molecule has 1 heterocycles. The first-order valence-corrected chi connectivity index (χ1v) is 8.97. The molecule has 0 aromatic heterocycles. The molecule has 3 rings (SSSR count). The number of benzene rings is 2. The summed E-state index contributed by atoms with van der Waals surface area (Å²) >= 11 is 6.92. The molecule has 2 aromatic carbocycles. The molecule has 4 nitrogen and oxygen atoms in total. The zero-order valence-corrected chi connectivity index (χ0v) is 14.9. The number of halogens is 1.